The first-order valence-corrected chi connectivity index (χ1v) is 6.51. The third kappa shape index (κ3) is 4.38. The Morgan fingerprint density at radius 2 is 2.20 bits per heavy atom. The number of hydrogen-bond acceptors (Lipinski definition) is 1. The summed E-state index contributed by atoms with van der Waals surface area (Å²) in [7, 11) is 0. The van der Waals surface area contributed by atoms with E-state index in [0.717, 1.165) is 24.4 Å². The van der Waals surface area contributed by atoms with Crippen molar-refractivity contribution in [3.8, 4) is 0 Å². The van der Waals surface area contributed by atoms with Crippen molar-refractivity contribution in [1.82, 2.24) is 5.32 Å². The molecule has 0 radical (unpaired) electrons. The molecule has 1 aliphatic rings. The van der Waals surface area contributed by atoms with Gasteiger partial charge in [-0.2, -0.15) is 0 Å². The molecule has 0 saturated heterocycles. The molecule has 0 aromatic carbocycles. The van der Waals surface area contributed by atoms with E-state index >= 15 is 0 Å². The lowest BCUT2D eigenvalue weighted by atomic mass is 9.92. The number of rotatable bonds is 6. The number of allylic oxidation sites excluding steroid dienone is 1. The highest BCUT2D eigenvalue weighted by molar-refractivity contribution is 4.91. The van der Waals surface area contributed by atoms with Gasteiger partial charge in [0.2, 0.25) is 0 Å². The Morgan fingerprint density at radius 1 is 1.47 bits per heavy atom. The third-order valence-electron chi connectivity index (χ3n) is 3.65. The second kappa shape index (κ2) is 6.32. The lowest BCUT2D eigenvalue weighted by Crippen LogP contribution is -2.35. The topological polar surface area (TPSA) is 12.0 Å². The zero-order valence-corrected chi connectivity index (χ0v) is 10.7. The second-order valence-electron chi connectivity index (χ2n) is 5.34. The van der Waals surface area contributed by atoms with Crippen LogP contribution in [0.4, 0.5) is 0 Å². The molecule has 3 unspecified atom stereocenters. The fourth-order valence-corrected chi connectivity index (χ4v) is 2.79. The van der Waals surface area contributed by atoms with Gasteiger partial charge in [-0.15, -0.1) is 6.58 Å². The molecule has 0 heterocycles. The van der Waals surface area contributed by atoms with Gasteiger partial charge >= 0.3 is 0 Å². The summed E-state index contributed by atoms with van der Waals surface area (Å²) in [5.74, 6) is 1.86. The van der Waals surface area contributed by atoms with Crippen molar-refractivity contribution < 1.29 is 0 Å². The van der Waals surface area contributed by atoms with E-state index in [1.54, 1.807) is 0 Å². The molecule has 1 nitrogen and oxygen atoms in total. The van der Waals surface area contributed by atoms with Crippen LogP contribution < -0.4 is 5.32 Å². The van der Waals surface area contributed by atoms with Gasteiger partial charge in [-0.1, -0.05) is 25.8 Å². The summed E-state index contributed by atoms with van der Waals surface area (Å²) in [4.78, 5) is 0. The Labute approximate surface area is 95.3 Å². The Bertz CT molecular complexity index is 198. The largest absolute Gasteiger partial charge is 0.314 e. The minimum absolute atomic E-state index is 0.733. The van der Waals surface area contributed by atoms with Crippen molar-refractivity contribution in [2.75, 3.05) is 6.54 Å². The fourth-order valence-electron chi connectivity index (χ4n) is 2.79. The lowest BCUT2D eigenvalue weighted by Gasteiger charge is -2.24. The number of hydrogen-bond donors (Lipinski definition) is 1. The maximum atomic E-state index is 4.00. The van der Waals surface area contributed by atoms with Crippen LogP contribution in [0.25, 0.3) is 0 Å². The maximum absolute atomic E-state index is 4.00. The minimum Gasteiger partial charge on any atom is -0.314 e. The van der Waals surface area contributed by atoms with Crippen LogP contribution in [0.1, 0.15) is 52.9 Å². The van der Waals surface area contributed by atoms with Gasteiger partial charge in [0.1, 0.15) is 0 Å². The molecular weight excluding hydrogens is 182 g/mol. The van der Waals surface area contributed by atoms with Crippen LogP contribution in [-0.2, 0) is 0 Å². The summed E-state index contributed by atoms with van der Waals surface area (Å²) in [6.07, 6.45) is 6.74. The molecule has 15 heavy (non-hydrogen) atoms. The van der Waals surface area contributed by atoms with Crippen molar-refractivity contribution >= 4 is 0 Å². The van der Waals surface area contributed by atoms with Gasteiger partial charge in [0.15, 0.2) is 0 Å². The van der Waals surface area contributed by atoms with Crippen molar-refractivity contribution in [2.24, 2.45) is 11.8 Å². The van der Waals surface area contributed by atoms with Gasteiger partial charge in [-0.25, -0.2) is 0 Å². The van der Waals surface area contributed by atoms with Crippen LogP contribution in [0, 0.1) is 11.8 Å². The minimum atomic E-state index is 0.733. The second-order valence-corrected chi connectivity index (χ2v) is 5.34. The Morgan fingerprint density at radius 3 is 2.67 bits per heavy atom. The third-order valence-corrected chi connectivity index (χ3v) is 3.65. The highest BCUT2D eigenvalue weighted by atomic mass is 14.9. The van der Waals surface area contributed by atoms with E-state index in [1.807, 2.05) is 0 Å². The van der Waals surface area contributed by atoms with E-state index in [0.29, 0.717) is 0 Å². The van der Waals surface area contributed by atoms with Gasteiger partial charge in [0.25, 0.3) is 0 Å². The van der Waals surface area contributed by atoms with Crippen LogP contribution in [-0.4, -0.2) is 12.6 Å². The van der Waals surface area contributed by atoms with Crippen LogP contribution in [0.3, 0.4) is 0 Å². The van der Waals surface area contributed by atoms with Gasteiger partial charge in [0.05, 0.1) is 0 Å². The normalized spacial score (nSPS) is 27.9. The van der Waals surface area contributed by atoms with E-state index < -0.39 is 0 Å². The zero-order chi connectivity index (χ0) is 11.3. The summed E-state index contributed by atoms with van der Waals surface area (Å²) in [6.45, 7) is 11.8. The van der Waals surface area contributed by atoms with Crippen molar-refractivity contribution in [3.63, 3.8) is 0 Å². The standard InChI is InChI=1S/C14H27N/c1-5-15-14(9-6-11(2)3)13-8-7-12(4)10-13/h12-15H,2,5-10H2,1,3-4H3. The Hall–Kier alpha value is -0.300. The molecular formula is C14H27N. The molecule has 1 rings (SSSR count). The van der Waals surface area contributed by atoms with Crippen molar-refractivity contribution in [1.29, 1.82) is 0 Å². The SMILES string of the molecule is C=C(C)CCC(NCC)C1CCC(C)C1. The first kappa shape index (κ1) is 12.8. The van der Waals surface area contributed by atoms with E-state index in [1.165, 1.54) is 37.7 Å². The quantitative estimate of drug-likeness (QED) is 0.657. The molecule has 88 valence electrons. The molecule has 0 aromatic heterocycles. The van der Waals surface area contributed by atoms with E-state index in [9.17, 15) is 0 Å². The van der Waals surface area contributed by atoms with Gasteiger partial charge < -0.3 is 5.32 Å². The van der Waals surface area contributed by atoms with Crippen LogP contribution in [0.2, 0.25) is 0 Å². The highest BCUT2D eigenvalue weighted by Crippen LogP contribution is 2.34. The Kier molecular flexibility index (Phi) is 5.38. The fraction of sp³-hybridized carbons (Fsp3) is 0.857. The zero-order valence-electron chi connectivity index (χ0n) is 10.7. The van der Waals surface area contributed by atoms with Gasteiger partial charge in [-0.3, -0.25) is 0 Å². The van der Waals surface area contributed by atoms with Crippen molar-refractivity contribution in [2.45, 2.75) is 58.9 Å². The summed E-state index contributed by atoms with van der Waals surface area (Å²) in [5, 5.41) is 3.66. The van der Waals surface area contributed by atoms with Crippen LogP contribution in [0.5, 0.6) is 0 Å². The molecule has 0 amide bonds. The number of nitrogens with one attached hydrogen (secondary N) is 1. The van der Waals surface area contributed by atoms with Crippen LogP contribution >= 0.6 is 0 Å². The Balaban J connectivity index is 2.38. The summed E-state index contributed by atoms with van der Waals surface area (Å²) >= 11 is 0. The first-order valence-electron chi connectivity index (χ1n) is 6.51. The van der Waals surface area contributed by atoms with Crippen LogP contribution in [0.15, 0.2) is 12.2 Å². The molecule has 0 aliphatic heterocycles. The van der Waals surface area contributed by atoms with E-state index in [4.69, 9.17) is 0 Å². The monoisotopic (exact) mass is 209 g/mol. The molecule has 0 spiro atoms. The molecule has 1 saturated carbocycles. The van der Waals surface area contributed by atoms with Gasteiger partial charge in [-0.05, 0) is 51.0 Å². The lowest BCUT2D eigenvalue weighted by molar-refractivity contribution is 0.338. The molecule has 0 bridgehead atoms. The molecule has 1 heteroatoms. The average Bonchev–Trinajstić information content (AvgIpc) is 2.59. The molecule has 1 aliphatic carbocycles. The molecule has 0 aromatic rings. The van der Waals surface area contributed by atoms with Crippen molar-refractivity contribution in [3.05, 3.63) is 12.2 Å². The predicted molar refractivity (Wildman–Crippen MR) is 68.0 cm³/mol. The summed E-state index contributed by atoms with van der Waals surface area (Å²) in [5.41, 5.74) is 1.32. The molecule has 1 fully saturated rings. The van der Waals surface area contributed by atoms with E-state index in [2.05, 4.69) is 32.7 Å². The van der Waals surface area contributed by atoms with Gasteiger partial charge in [0, 0.05) is 6.04 Å². The summed E-state index contributed by atoms with van der Waals surface area (Å²) < 4.78 is 0. The van der Waals surface area contributed by atoms with E-state index in [-0.39, 0.29) is 0 Å². The molecule has 1 N–H and O–H groups in total. The maximum Gasteiger partial charge on any atom is 0.00983 e. The summed E-state index contributed by atoms with van der Waals surface area (Å²) in [6, 6.07) is 0.733. The molecule has 3 atom stereocenters. The smallest absolute Gasteiger partial charge is 0.00983 e. The predicted octanol–water partition coefficient (Wildman–Crippen LogP) is 3.76. The highest BCUT2D eigenvalue weighted by Gasteiger charge is 2.27. The first-order chi connectivity index (χ1) is 7.13. The average molecular weight is 209 g/mol.